The Morgan fingerprint density at radius 3 is 2.52 bits per heavy atom. The summed E-state index contributed by atoms with van der Waals surface area (Å²) in [5.41, 5.74) is 0. The number of nitrogens with one attached hydrogen (secondary N) is 1. The van der Waals surface area contributed by atoms with Crippen LogP contribution in [-0.2, 0) is 23.9 Å². The zero-order chi connectivity index (χ0) is 20.0. The number of fused-ring (bicyclic) bond motifs is 3. The zero-order valence-electron chi connectivity index (χ0n) is 16.9. The van der Waals surface area contributed by atoms with Gasteiger partial charge in [0.05, 0.1) is 19.1 Å². The van der Waals surface area contributed by atoms with Crippen molar-refractivity contribution in [3.05, 3.63) is 0 Å². The first-order chi connectivity index (χ1) is 14.1. The van der Waals surface area contributed by atoms with Crippen LogP contribution in [0.3, 0.4) is 0 Å². The molecule has 8 nitrogen and oxygen atoms in total. The van der Waals surface area contributed by atoms with Gasteiger partial charge in [-0.3, -0.25) is 14.4 Å². The number of carbonyl (C=O) groups is 3. The summed E-state index contributed by atoms with van der Waals surface area (Å²) < 4.78 is 11.3. The molecule has 6 atom stereocenters. The summed E-state index contributed by atoms with van der Waals surface area (Å²) in [6.45, 7) is 3.58. The summed E-state index contributed by atoms with van der Waals surface area (Å²) in [5.74, 6) is 0.489. The van der Waals surface area contributed by atoms with Crippen molar-refractivity contribution < 1.29 is 23.9 Å². The van der Waals surface area contributed by atoms with Crippen molar-refractivity contribution in [1.29, 1.82) is 0 Å². The highest BCUT2D eigenvalue weighted by atomic mass is 16.5. The molecule has 1 N–H and O–H groups in total. The monoisotopic (exact) mass is 405 g/mol. The molecule has 0 aliphatic carbocycles. The number of hydrogen-bond donors (Lipinski definition) is 1. The third kappa shape index (κ3) is 3.65. The molecule has 0 aromatic rings. The van der Waals surface area contributed by atoms with Gasteiger partial charge in [-0.15, -0.1) is 0 Å². The SMILES string of the molecule is O=C(NC1[C@@H]2COC[C@H]1CN(C(=O)[C@H]1CC[C@H]3CCC(=O)N3C1)C2)[C@H]1CCCO1. The molecule has 5 aliphatic rings. The van der Waals surface area contributed by atoms with Crippen LogP contribution in [0.5, 0.6) is 0 Å². The number of carbonyl (C=O) groups excluding carboxylic acids is 3. The molecule has 2 bridgehead atoms. The van der Waals surface area contributed by atoms with Gasteiger partial charge in [0.15, 0.2) is 0 Å². The van der Waals surface area contributed by atoms with E-state index in [1.807, 2.05) is 9.80 Å². The van der Waals surface area contributed by atoms with Gasteiger partial charge in [0.1, 0.15) is 6.10 Å². The first-order valence-electron chi connectivity index (χ1n) is 11.2. The number of nitrogens with zero attached hydrogens (tertiary/aromatic N) is 2. The third-order valence-corrected chi connectivity index (χ3v) is 7.50. The summed E-state index contributed by atoms with van der Waals surface area (Å²) in [7, 11) is 0. The van der Waals surface area contributed by atoms with Crippen molar-refractivity contribution in [1.82, 2.24) is 15.1 Å². The average Bonchev–Trinajstić information content (AvgIpc) is 3.37. The number of amides is 3. The van der Waals surface area contributed by atoms with Gasteiger partial charge in [-0.1, -0.05) is 0 Å². The average molecular weight is 405 g/mol. The van der Waals surface area contributed by atoms with Crippen LogP contribution in [0, 0.1) is 17.8 Å². The van der Waals surface area contributed by atoms with Crippen LogP contribution >= 0.6 is 0 Å². The molecule has 3 amide bonds. The molecule has 160 valence electrons. The quantitative estimate of drug-likeness (QED) is 0.723. The van der Waals surface area contributed by atoms with Crippen LogP contribution in [0.4, 0.5) is 0 Å². The Labute approximate surface area is 171 Å². The normalized spacial score (nSPS) is 39.4. The van der Waals surface area contributed by atoms with Crippen molar-refractivity contribution in [2.45, 2.75) is 56.7 Å². The first-order valence-corrected chi connectivity index (χ1v) is 11.2. The lowest BCUT2D eigenvalue weighted by Gasteiger charge is -2.48. The Bertz CT molecular complexity index is 665. The van der Waals surface area contributed by atoms with E-state index in [1.54, 1.807) is 0 Å². The molecule has 5 saturated heterocycles. The smallest absolute Gasteiger partial charge is 0.249 e. The number of ether oxygens (including phenoxy) is 2. The van der Waals surface area contributed by atoms with E-state index in [0.29, 0.717) is 51.9 Å². The van der Waals surface area contributed by atoms with E-state index in [1.165, 1.54) is 0 Å². The Balaban J connectivity index is 1.22. The maximum absolute atomic E-state index is 13.3. The van der Waals surface area contributed by atoms with E-state index < -0.39 is 0 Å². The lowest BCUT2D eigenvalue weighted by molar-refractivity contribution is -0.149. The molecule has 0 saturated carbocycles. The maximum atomic E-state index is 13.3. The minimum atomic E-state index is -0.329. The minimum Gasteiger partial charge on any atom is -0.381 e. The van der Waals surface area contributed by atoms with E-state index >= 15 is 0 Å². The molecular weight excluding hydrogens is 374 g/mol. The fraction of sp³-hybridized carbons (Fsp3) is 0.857. The Hall–Kier alpha value is -1.67. The van der Waals surface area contributed by atoms with Crippen molar-refractivity contribution in [2.75, 3.05) is 39.5 Å². The largest absolute Gasteiger partial charge is 0.381 e. The van der Waals surface area contributed by atoms with Crippen molar-refractivity contribution >= 4 is 17.7 Å². The van der Waals surface area contributed by atoms with Crippen LogP contribution in [-0.4, -0.2) is 85.2 Å². The second kappa shape index (κ2) is 7.87. The van der Waals surface area contributed by atoms with Gasteiger partial charge in [0, 0.05) is 56.6 Å². The Morgan fingerprint density at radius 1 is 1.00 bits per heavy atom. The summed E-state index contributed by atoms with van der Waals surface area (Å²) in [6, 6.07) is 0.387. The van der Waals surface area contributed by atoms with Crippen LogP contribution in [0.25, 0.3) is 0 Å². The Kier molecular flexibility index (Phi) is 5.24. The summed E-state index contributed by atoms with van der Waals surface area (Å²) in [6.07, 6.45) is 4.76. The lowest BCUT2D eigenvalue weighted by atomic mass is 9.81. The van der Waals surface area contributed by atoms with Crippen LogP contribution in [0.1, 0.15) is 38.5 Å². The molecule has 0 aromatic carbocycles. The highest BCUT2D eigenvalue weighted by Gasteiger charge is 2.46. The Morgan fingerprint density at radius 2 is 1.79 bits per heavy atom. The molecule has 8 heteroatoms. The lowest BCUT2D eigenvalue weighted by Crippen LogP contribution is -2.64. The van der Waals surface area contributed by atoms with Gasteiger partial charge in [0.2, 0.25) is 17.7 Å². The molecule has 0 radical (unpaired) electrons. The molecule has 5 rings (SSSR count). The molecule has 5 heterocycles. The van der Waals surface area contributed by atoms with Gasteiger partial charge >= 0.3 is 0 Å². The van der Waals surface area contributed by atoms with Gasteiger partial charge in [-0.05, 0) is 32.1 Å². The molecular formula is C21H31N3O5. The highest BCUT2D eigenvalue weighted by Crippen LogP contribution is 2.34. The van der Waals surface area contributed by atoms with Crippen molar-refractivity contribution in [3.63, 3.8) is 0 Å². The predicted octanol–water partition coefficient (Wildman–Crippen LogP) is 0.156. The number of piperidine rings is 2. The van der Waals surface area contributed by atoms with Crippen LogP contribution < -0.4 is 5.32 Å². The summed E-state index contributed by atoms with van der Waals surface area (Å²) in [4.78, 5) is 41.8. The molecule has 5 aliphatic heterocycles. The van der Waals surface area contributed by atoms with Crippen LogP contribution in [0.2, 0.25) is 0 Å². The van der Waals surface area contributed by atoms with Crippen LogP contribution in [0.15, 0.2) is 0 Å². The fourth-order valence-electron chi connectivity index (χ4n) is 5.92. The number of likely N-dealkylation sites (tertiary alicyclic amines) is 1. The fourth-order valence-corrected chi connectivity index (χ4v) is 5.92. The number of hydrogen-bond acceptors (Lipinski definition) is 5. The molecule has 0 spiro atoms. The second-order valence-corrected chi connectivity index (χ2v) is 9.35. The van der Waals surface area contributed by atoms with E-state index in [-0.39, 0.29) is 47.6 Å². The number of rotatable bonds is 3. The molecule has 5 fully saturated rings. The maximum Gasteiger partial charge on any atom is 0.249 e. The topological polar surface area (TPSA) is 88.2 Å². The zero-order valence-corrected chi connectivity index (χ0v) is 16.9. The molecule has 29 heavy (non-hydrogen) atoms. The summed E-state index contributed by atoms with van der Waals surface area (Å²) in [5, 5.41) is 3.20. The van der Waals surface area contributed by atoms with E-state index in [9.17, 15) is 14.4 Å². The van der Waals surface area contributed by atoms with E-state index in [0.717, 1.165) is 32.1 Å². The van der Waals surface area contributed by atoms with Gasteiger partial charge in [0.25, 0.3) is 0 Å². The predicted molar refractivity (Wildman–Crippen MR) is 103 cm³/mol. The summed E-state index contributed by atoms with van der Waals surface area (Å²) >= 11 is 0. The van der Waals surface area contributed by atoms with E-state index in [2.05, 4.69) is 5.32 Å². The second-order valence-electron chi connectivity index (χ2n) is 9.35. The minimum absolute atomic E-state index is 0.0185. The first kappa shape index (κ1) is 19.3. The van der Waals surface area contributed by atoms with E-state index in [4.69, 9.17) is 9.47 Å². The van der Waals surface area contributed by atoms with Crippen molar-refractivity contribution in [3.8, 4) is 0 Å². The molecule has 1 unspecified atom stereocenters. The van der Waals surface area contributed by atoms with Gasteiger partial charge in [-0.2, -0.15) is 0 Å². The van der Waals surface area contributed by atoms with Gasteiger partial charge in [-0.25, -0.2) is 0 Å². The highest BCUT2D eigenvalue weighted by molar-refractivity contribution is 5.83. The van der Waals surface area contributed by atoms with Crippen molar-refractivity contribution in [2.24, 2.45) is 17.8 Å². The molecule has 0 aromatic heterocycles. The third-order valence-electron chi connectivity index (χ3n) is 7.50. The van der Waals surface area contributed by atoms with Gasteiger partial charge < -0.3 is 24.6 Å². The standard InChI is InChI=1S/C21H31N3O5/c25-18-6-5-16-4-3-13(10-24(16)18)21(27)23-8-14-11-28-12-15(9-23)19(14)22-20(26)17-2-1-7-29-17/h13-17,19H,1-12H2,(H,22,26)/t13-,14-,15+,16-,17+,19?/m0/s1.